The van der Waals surface area contributed by atoms with Gasteiger partial charge in [-0.25, -0.2) is 9.59 Å². The number of carbonyl (C=O) groups excluding carboxylic acids is 2. The highest BCUT2D eigenvalue weighted by Gasteiger charge is 2.35. The van der Waals surface area contributed by atoms with Gasteiger partial charge in [0.25, 0.3) is 0 Å². The van der Waals surface area contributed by atoms with Crippen LogP contribution in [-0.4, -0.2) is 29.1 Å². The maximum atomic E-state index is 12.0. The number of phenolic OH excluding ortho intramolecular Hbond substituents is 1. The molecule has 1 aliphatic heterocycles. The van der Waals surface area contributed by atoms with Crippen LogP contribution in [0.5, 0.6) is 5.75 Å². The number of urea groups is 1. The Hall–Kier alpha value is -2.81. The predicted octanol–water partition coefficient (Wildman–Crippen LogP) is 1.75. The third-order valence-electron chi connectivity index (χ3n) is 3.27. The van der Waals surface area contributed by atoms with E-state index in [1.165, 1.54) is 13.0 Å². The smallest absolute Gasteiger partial charge is 0.337 e. The van der Waals surface area contributed by atoms with Crippen molar-refractivity contribution in [3.05, 3.63) is 44.1 Å². The van der Waals surface area contributed by atoms with Gasteiger partial charge in [-0.3, -0.25) is 10.1 Å². The molecule has 0 unspecified atom stereocenters. The predicted molar refractivity (Wildman–Crippen MR) is 78.9 cm³/mol. The minimum Gasteiger partial charge on any atom is -0.502 e. The van der Waals surface area contributed by atoms with Gasteiger partial charge in [-0.05, 0) is 13.0 Å². The number of aromatic hydroxyl groups is 1. The fraction of sp³-hybridized carbons (Fsp3) is 0.231. The summed E-state index contributed by atoms with van der Waals surface area (Å²) in [4.78, 5) is 33.8. The molecule has 2 amide bonds. The molecule has 3 N–H and O–H groups in total. The van der Waals surface area contributed by atoms with Crippen molar-refractivity contribution in [3.63, 3.8) is 0 Å². The summed E-state index contributed by atoms with van der Waals surface area (Å²) in [6.45, 7) is 1.47. The molecule has 1 aromatic rings. The average Bonchev–Trinajstić information content (AvgIpc) is 2.47. The summed E-state index contributed by atoms with van der Waals surface area (Å²) in [6.07, 6.45) is 0. The molecule has 1 aromatic carbocycles. The van der Waals surface area contributed by atoms with E-state index in [2.05, 4.69) is 15.4 Å². The van der Waals surface area contributed by atoms with Crippen molar-refractivity contribution < 1.29 is 24.4 Å². The molecule has 0 saturated carbocycles. The number of rotatable bonds is 3. The zero-order valence-electron chi connectivity index (χ0n) is 12.0. The monoisotopic (exact) mass is 341 g/mol. The number of nitrogens with zero attached hydrogens (tertiary/aromatic N) is 1. The second kappa shape index (κ2) is 6.13. The van der Waals surface area contributed by atoms with Crippen LogP contribution in [0, 0.1) is 10.1 Å². The highest BCUT2D eigenvalue weighted by Crippen LogP contribution is 2.40. The van der Waals surface area contributed by atoms with Crippen molar-refractivity contribution in [2.45, 2.75) is 13.0 Å². The summed E-state index contributed by atoms with van der Waals surface area (Å²) in [5.41, 5.74) is -0.521. The standard InChI is InChI=1S/C13H12ClN3O6/c1-5-9(12(19)23-2)10(16-13(20)15-5)7-3-6(14)4-8(11(7)18)17(21)22/h3-4,10,18H,1-2H3,(H2,15,16,20)/t10-/m0/s1. The molecule has 1 atom stereocenters. The van der Waals surface area contributed by atoms with Crippen LogP contribution in [0.15, 0.2) is 23.4 Å². The molecule has 0 aliphatic carbocycles. The molecular formula is C13H12ClN3O6. The van der Waals surface area contributed by atoms with Crippen molar-refractivity contribution in [3.8, 4) is 5.75 Å². The molecule has 0 radical (unpaired) electrons. The number of benzene rings is 1. The Balaban J connectivity index is 2.67. The van der Waals surface area contributed by atoms with E-state index in [0.717, 1.165) is 13.2 Å². The number of methoxy groups -OCH3 is 1. The Morgan fingerprint density at radius 1 is 1.48 bits per heavy atom. The number of amides is 2. The van der Waals surface area contributed by atoms with Crippen LogP contribution in [0.3, 0.4) is 0 Å². The second-order valence-corrected chi connectivity index (χ2v) is 5.12. The van der Waals surface area contributed by atoms with Crippen molar-refractivity contribution in [2.75, 3.05) is 7.11 Å². The van der Waals surface area contributed by atoms with Gasteiger partial charge < -0.3 is 20.5 Å². The normalized spacial score (nSPS) is 17.3. The van der Waals surface area contributed by atoms with Crippen LogP contribution in [0.4, 0.5) is 10.5 Å². The number of phenols is 1. The average molecular weight is 342 g/mol. The number of esters is 1. The van der Waals surface area contributed by atoms with Gasteiger partial charge >= 0.3 is 17.7 Å². The zero-order chi connectivity index (χ0) is 17.3. The summed E-state index contributed by atoms with van der Waals surface area (Å²) in [6, 6.07) is 0.421. The Labute approximate surface area is 135 Å². The lowest BCUT2D eigenvalue weighted by Crippen LogP contribution is -2.45. The summed E-state index contributed by atoms with van der Waals surface area (Å²) in [5.74, 6) is -1.46. The number of ether oxygens (including phenoxy) is 1. The maximum absolute atomic E-state index is 12.0. The lowest BCUT2D eigenvalue weighted by molar-refractivity contribution is -0.385. The summed E-state index contributed by atoms with van der Waals surface area (Å²) >= 11 is 5.84. The van der Waals surface area contributed by atoms with E-state index in [1.54, 1.807) is 0 Å². The van der Waals surface area contributed by atoms with Crippen molar-refractivity contribution in [2.24, 2.45) is 0 Å². The van der Waals surface area contributed by atoms with Gasteiger partial charge in [0.05, 0.1) is 23.6 Å². The molecule has 0 spiro atoms. The highest BCUT2D eigenvalue weighted by atomic mass is 35.5. The molecule has 2 rings (SSSR count). The third-order valence-corrected chi connectivity index (χ3v) is 3.48. The Bertz CT molecular complexity index is 745. The number of carbonyl (C=O) groups is 2. The first-order valence-electron chi connectivity index (χ1n) is 6.29. The first-order chi connectivity index (χ1) is 10.8. The first kappa shape index (κ1) is 16.6. The van der Waals surface area contributed by atoms with E-state index in [4.69, 9.17) is 11.6 Å². The number of nitrogens with one attached hydrogen (secondary N) is 2. The quantitative estimate of drug-likeness (QED) is 0.436. The molecule has 9 nitrogen and oxygen atoms in total. The molecule has 10 heteroatoms. The molecule has 0 aromatic heterocycles. The highest BCUT2D eigenvalue weighted by molar-refractivity contribution is 6.31. The van der Waals surface area contributed by atoms with E-state index in [-0.39, 0.29) is 21.9 Å². The summed E-state index contributed by atoms with van der Waals surface area (Å²) in [7, 11) is 1.15. The number of nitro groups is 1. The second-order valence-electron chi connectivity index (χ2n) is 4.68. The van der Waals surface area contributed by atoms with Gasteiger partial charge in [0.15, 0.2) is 5.75 Å². The number of hydrogen-bond acceptors (Lipinski definition) is 6. The molecule has 122 valence electrons. The van der Waals surface area contributed by atoms with Crippen LogP contribution in [0.25, 0.3) is 0 Å². The van der Waals surface area contributed by atoms with Crippen LogP contribution in [-0.2, 0) is 9.53 Å². The molecule has 1 aliphatic rings. The summed E-state index contributed by atoms with van der Waals surface area (Å²) < 4.78 is 4.66. The Kier molecular flexibility index (Phi) is 4.41. The lowest BCUT2D eigenvalue weighted by atomic mass is 9.94. The van der Waals surface area contributed by atoms with Crippen LogP contribution >= 0.6 is 11.6 Å². The van der Waals surface area contributed by atoms with Crippen molar-refractivity contribution >= 4 is 29.3 Å². The van der Waals surface area contributed by atoms with Gasteiger partial charge in [-0.15, -0.1) is 0 Å². The molecule has 0 fully saturated rings. The van der Waals surface area contributed by atoms with Gasteiger partial charge in [0.2, 0.25) is 0 Å². The summed E-state index contributed by atoms with van der Waals surface area (Å²) in [5, 5.41) is 25.9. The molecule has 0 bridgehead atoms. The zero-order valence-corrected chi connectivity index (χ0v) is 12.8. The minimum atomic E-state index is -1.14. The Morgan fingerprint density at radius 2 is 2.13 bits per heavy atom. The van der Waals surface area contributed by atoms with Crippen molar-refractivity contribution in [1.29, 1.82) is 0 Å². The first-order valence-corrected chi connectivity index (χ1v) is 6.67. The van der Waals surface area contributed by atoms with E-state index in [0.29, 0.717) is 0 Å². The number of allylic oxidation sites excluding steroid dienone is 1. The van der Waals surface area contributed by atoms with E-state index in [1.807, 2.05) is 0 Å². The fourth-order valence-electron chi connectivity index (χ4n) is 2.27. The number of halogens is 1. The van der Waals surface area contributed by atoms with Gasteiger partial charge in [-0.1, -0.05) is 11.6 Å². The van der Waals surface area contributed by atoms with E-state index >= 15 is 0 Å². The van der Waals surface area contributed by atoms with Gasteiger partial charge in [0, 0.05) is 22.3 Å². The van der Waals surface area contributed by atoms with E-state index < -0.39 is 34.4 Å². The SMILES string of the molecule is COC(=O)C1=C(C)NC(=O)N[C@H]1c1cc(Cl)cc([N+](=O)[O-])c1O. The Morgan fingerprint density at radius 3 is 2.70 bits per heavy atom. The van der Waals surface area contributed by atoms with Crippen LogP contribution in [0.1, 0.15) is 18.5 Å². The van der Waals surface area contributed by atoms with Crippen molar-refractivity contribution in [1.82, 2.24) is 10.6 Å². The molecule has 0 saturated heterocycles. The largest absolute Gasteiger partial charge is 0.502 e. The molecular weight excluding hydrogens is 330 g/mol. The van der Waals surface area contributed by atoms with Gasteiger partial charge in [-0.2, -0.15) is 0 Å². The maximum Gasteiger partial charge on any atom is 0.337 e. The third kappa shape index (κ3) is 3.04. The van der Waals surface area contributed by atoms with E-state index in [9.17, 15) is 24.8 Å². The number of nitro benzene ring substituents is 1. The fourth-order valence-corrected chi connectivity index (χ4v) is 2.49. The lowest BCUT2D eigenvalue weighted by Gasteiger charge is -2.28. The minimum absolute atomic E-state index is 0.000959. The topological polar surface area (TPSA) is 131 Å². The van der Waals surface area contributed by atoms with Gasteiger partial charge in [0.1, 0.15) is 0 Å². The molecule has 23 heavy (non-hydrogen) atoms. The number of hydrogen-bond donors (Lipinski definition) is 3. The molecule has 1 heterocycles. The van der Waals surface area contributed by atoms with Crippen LogP contribution in [0.2, 0.25) is 5.02 Å². The van der Waals surface area contributed by atoms with Crippen LogP contribution < -0.4 is 10.6 Å².